The second kappa shape index (κ2) is 11.0. The number of nitrogens with zero attached hydrogens (tertiary/aromatic N) is 4. The third-order valence-corrected chi connectivity index (χ3v) is 7.86. The molecule has 2 fully saturated rings. The molecule has 2 aliphatic rings. The number of aromatic nitrogens is 1. The van der Waals surface area contributed by atoms with Crippen molar-refractivity contribution < 1.29 is 13.2 Å². The summed E-state index contributed by atoms with van der Waals surface area (Å²) in [7, 11) is -3.67. The molecule has 2 aliphatic heterocycles. The Labute approximate surface area is 202 Å². The Morgan fingerprint density at radius 2 is 1.85 bits per heavy atom. The highest BCUT2D eigenvalue weighted by Crippen LogP contribution is 2.22. The lowest BCUT2D eigenvalue weighted by atomic mass is 9.96. The van der Waals surface area contributed by atoms with Gasteiger partial charge in [0.15, 0.2) is 0 Å². The van der Waals surface area contributed by atoms with Crippen LogP contribution < -0.4 is 9.62 Å². The molecule has 1 aromatic carbocycles. The van der Waals surface area contributed by atoms with E-state index in [4.69, 9.17) is 6.42 Å². The van der Waals surface area contributed by atoms with Gasteiger partial charge >= 0.3 is 0 Å². The molecule has 0 saturated carbocycles. The van der Waals surface area contributed by atoms with Crippen LogP contribution in [-0.2, 0) is 10.0 Å². The maximum absolute atomic E-state index is 13.1. The van der Waals surface area contributed by atoms with Crippen LogP contribution in [0.4, 0.5) is 5.82 Å². The van der Waals surface area contributed by atoms with E-state index in [0.717, 1.165) is 64.5 Å². The lowest BCUT2D eigenvalue weighted by Crippen LogP contribution is -2.50. The van der Waals surface area contributed by atoms with E-state index in [2.05, 4.69) is 31.5 Å². The van der Waals surface area contributed by atoms with Crippen molar-refractivity contribution in [1.29, 1.82) is 0 Å². The fraction of sp³-hybridized carbons (Fsp3) is 0.440. The SMILES string of the molecule is C#CCNS(=O)(=O)c1ccc(C(=O)N2CCCC(CN3CCN(c4ccccn4)CC3)C2)cc1. The van der Waals surface area contributed by atoms with Gasteiger partial charge in [-0.2, -0.15) is 4.72 Å². The highest BCUT2D eigenvalue weighted by atomic mass is 32.2. The molecule has 0 spiro atoms. The summed E-state index contributed by atoms with van der Waals surface area (Å²) in [5, 5.41) is 0. The van der Waals surface area contributed by atoms with Crippen LogP contribution in [0.3, 0.4) is 0 Å². The average Bonchev–Trinajstić information content (AvgIpc) is 2.88. The normalized spacial score (nSPS) is 19.6. The van der Waals surface area contributed by atoms with Crippen molar-refractivity contribution in [2.24, 2.45) is 5.92 Å². The molecule has 4 rings (SSSR count). The number of nitrogens with one attached hydrogen (secondary N) is 1. The second-order valence-corrected chi connectivity index (χ2v) is 10.6. The number of likely N-dealkylation sites (tertiary alicyclic amines) is 1. The number of piperidine rings is 1. The fourth-order valence-electron chi connectivity index (χ4n) is 4.64. The number of hydrogen-bond donors (Lipinski definition) is 1. The highest BCUT2D eigenvalue weighted by Gasteiger charge is 2.27. The van der Waals surface area contributed by atoms with E-state index in [1.54, 1.807) is 12.1 Å². The largest absolute Gasteiger partial charge is 0.354 e. The molecule has 2 aromatic rings. The number of carbonyl (C=O) groups is 1. The number of anilines is 1. The molecular formula is C25H31N5O3S. The van der Waals surface area contributed by atoms with E-state index < -0.39 is 10.0 Å². The topological polar surface area (TPSA) is 85.8 Å². The highest BCUT2D eigenvalue weighted by molar-refractivity contribution is 7.89. The van der Waals surface area contributed by atoms with E-state index in [-0.39, 0.29) is 17.3 Å². The van der Waals surface area contributed by atoms with Crippen LogP contribution in [0.1, 0.15) is 23.2 Å². The molecule has 0 radical (unpaired) electrons. The van der Waals surface area contributed by atoms with Gasteiger partial charge in [0.2, 0.25) is 10.0 Å². The summed E-state index contributed by atoms with van der Waals surface area (Å²) in [6, 6.07) is 12.1. The summed E-state index contributed by atoms with van der Waals surface area (Å²) < 4.78 is 26.7. The third kappa shape index (κ3) is 5.95. The maximum atomic E-state index is 13.1. The fourth-order valence-corrected chi connectivity index (χ4v) is 5.58. The molecule has 0 aliphatic carbocycles. The number of rotatable bonds is 7. The van der Waals surface area contributed by atoms with E-state index in [1.165, 1.54) is 12.1 Å². The number of carbonyl (C=O) groups excluding carboxylic acids is 1. The first-order valence-corrected chi connectivity index (χ1v) is 13.2. The minimum absolute atomic E-state index is 0.0507. The van der Waals surface area contributed by atoms with Gasteiger partial charge < -0.3 is 9.80 Å². The Balaban J connectivity index is 1.30. The quantitative estimate of drug-likeness (QED) is 0.606. The van der Waals surface area contributed by atoms with Gasteiger partial charge in [-0.15, -0.1) is 6.42 Å². The summed E-state index contributed by atoms with van der Waals surface area (Å²) >= 11 is 0. The number of hydrogen-bond acceptors (Lipinski definition) is 6. The predicted molar refractivity (Wildman–Crippen MR) is 132 cm³/mol. The minimum atomic E-state index is -3.67. The lowest BCUT2D eigenvalue weighted by Gasteiger charge is -2.39. The number of benzene rings is 1. The Morgan fingerprint density at radius 1 is 1.09 bits per heavy atom. The molecule has 9 heteroatoms. The van der Waals surface area contributed by atoms with E-state index in [9.17, 15) is 13.2 Å². The van der Waals surface area contributed by atoms with Crippen molar-refractivity contribution in [1.82, 2.24) is 19.5 Å². The van der Waals surface area contributed by atoms with E-state index >= 15 is 0 Å². The van der Waals surface area contributed by atoms with Crippen LogP contribution in [0.2, 0.25) is 0 Å². The van der Waals surface area contributed by atoms with Crippen LogP contribution in [0, 0.1) is 18.3 Å². The standard InChI is InChI=1S/C25H31N5O3S/c1-2-12-27-34(32,33)23-10-8-22(9-11-23)25(31)30-14-5-6-21(20-30)19-28-15-17-29(18-16-28)24-7-3-4-13-26-24/h1,3-4,7-11,13,21,27H,5-6,12,14-20H2. The Bertz CT molecular complexity index is 1110. The molecule has 1 aromatic heterocycles. The first-order chi connectivity index (χ1) is 16.5. The molecule has 3 heterocycles. The third-order valence-electron chi connectivity index (χ3n) is 6.44. The molecule has 1 atom stereocenters. The predicted octanol–water partition coefficient (Wildman–Crippen LogP) is 1.67. The number of terminal acetylenes is 1. The molecule has 1 amide bonds. The van der Waals surface area contributed by atoms with E-state index in [1.807, 2.05) is 23.2 Å². The first kappa shape index (κ1) is 24.2. The molecule has 8 nitrogen and oxygen atoms in total. The first-order valence-electron chi connectivity index (χ1n) is 11.7. The van der Waals surface area contributed by atoms with Crippen molar-refractivity contribution in [2.75, 3.05) is 57.3 Å². The Morgan fingerprint density at radius 3 is 2.53 bits per heavy atom. The molecule has 180 valence electrons. The summed E-state index contributed by atoms with van der Waals surface area (Å²) in [6.45, 7) is 6.26. The second-order valence-electron chi connectivity index (χ2n) is 8.79. The van der Waals surface area contributed by atoms with Gasteiger partial charge in [-0.1, -0.05) is 12.0 Å². The number of amides is 1. The van der Waals surface area contributed by atoms with Crippen LogP contribution in [0.15, 0.2) is 53.6 Å². The van der Waals surface area contributed by atoms with Crippen molar-refractivity contribution in [3.05, 3.63) is 54.2 Å². The Hall–Kier alpha value is -2.93. The number of sulfonamides is 1. The molecule has 1 unspecified atom stereocenters. The van der Waals surface area contributed by atoms with Crippen molar-refractivity contribution in [3.63, 3.8) is 0 Å². The molecule has 2 saturated heterocycles. The summed E-state index contributed by atoms with van der Waals surface area (Å²) in [5.74, 6) is 3.67. The summed E-state index contributed by atoms with van der Waals surface area (Å²) in [4.78, 5) is 24.3. The van der Waals surface area contributed by atoms with Gasteiger partial charge in [0, 0.05) is 57.6 Å². The summed E-state index contributed by atoms with van der Waals surface area (Å²) in [5.41, 5.74) is 0.500. The van der Waals surface area contributed by atoms with Crippen LogP contribution in [-0.4, -0.2) is 81.5 Å². The molecule has 34 heavy (non-hydrogen) atoms. The number of piperazine rings is 1. The van der Waals surface area contributed by atoms with Crippen LogP contribution in [0.5, 0.6) is 0 Å². The zero-order chi connectivity index (χ0) is 24.0. The zero-order valence-corrected chi connectivity index (χ0v) is 20.1. The smallest absolute Gasteiger partial charge is 0.253 e. The van der Waals surface area contributed by atoms with Crippen molar-refractivity contribution in [2.45, 2.75) is 17.7 Å². The van der Waals surface area contributed by atoms with Gasteiger partial charge in [-0.05, 0) is 55.2 Å². The maximum Gasteiger partial charge on any atom is 0.253 e. The average molecular weight is 482 g/mol. The van der Waals surface area contributed by atoms with Crippen molar-refractivity contribution in [3.8, 4) is 12.3 Å². The molecule has 1 N–H and O–H groups in total. The van der Waals surface area contributed by atoms with Gasteiger partial charge in [0.25, 0.3) is 5.91 Å². The lowest BCUT2D eigenvalue weighted by molar-refractivity contribution is 0.0637. The minimum Gasteiger partial charge on any atom is -0.354 e. The van der Waals surface area contributed by atoms with Crippen LogP contribution in [0.25, 0.3) is 0 Å². The van der Waals surface area contributed by atoms with Gasteiger partial charge in [-0.3, -0.25) is 9.69 Å². The van der Waals surface area contributed by atoms with Crippen molar-refractivity contribution >= 4 is 21.7 Å². The zero-order valence-electron chi connectivity index (χ0n) is 19.3. The van der Waals surface area contributed by atoms with Gasteiger partial charge in [0.05, 0.1) is 11.4 Å². The Kier molecular flexibility index (Phi) is 7.83. The summed E-state index contributed by atoms with van der Waals surface area (Å²) in [6.07, 6.45) is 9.05. The van der Waals surface area contributed by atoms with Gasteiger partial charge in [0.1, 0.15) is 5.82 Å². The molecular weight excluding hydrogens is 450 g/mol. The van der Waals surface area contributed by atoms with E-state index in [0.29, 0.717) is 11.5 Å². The van der Waals surface area contributed by atoms with Gasteiger partial charge in [-0.25, -0.2) is 13.4 Å². The molecule has 0 bridgehead atoms. The number of pyridine rings is 1. The van der Waals surface area contributed by atoms with Crippen LogP contribution >= 0.6 is 0 Å². The monoisotopic (exact) mass is 481 g/mol.